The molecule has 10 nitrogen and oxygen atoms in total. The topological polar surface area (TPSA) is 122 Å². The Kier molecular flexibility index (Phi) is 11.6. The van der Waals surface area contributed by atoms with E-state index in [1.807, 2.05) is 6.92 Å². The van der Waals surface area contributed by atoms with Crippen molar-refractivity contribution in [1.29, 1.82) is 0 Å². The lowest BCUT2D eigenvalue weighted by molar-refractivity contribution is -0.157. The summed E-state index contributed by atoms with van der Waals surface area (Å²) in [5, 5.41) is 2.52. The molecular formula is C23H32N2O8. The van der Waals surface area contributed by atoms with Gasteiger partial charge in [0.2, 0.25) is 6.79 Å². The minimum atomic E-state index is -1.00. The maximum Gasteiger partial charge on any atom is 0.328 e. The van der Waals surface area contributed by atoms with E-state index < -0.39 is 42.9 Å². The zero-order valence-corrected chi connectivity index (χ0v) is 19.7. The molecule has 0 bridgehead atoms. The van der Waals surface area contributed by atoms with Gasteiger partial charge in [0.1, 0.15) is 12.1 Å². The quantitative estimate of drug-likeness (QED) is 0.251. The minimum Gasteiger partial charge on any atom is -0.493 e. The maximum atomic E-state index is 12.8. The molecule has 1 aromatic rings. The van der Waals surface area contributed by atoms with Crippen molar-refractivity contribution in [3.8, 4) is 11.5 Å². The first-order valence-electron chi connectivity index (χ1n) is 10.3. The van der Waals surface area contributed by atoms with Crippen LogP contribution in [0.15, 0.2) is 37.1 Å². The second-order valence-corrected chi connectivity index (χ2v) is 7.26. The summed E-state index contributed by atoms with van der Waals surface area (Å²) >= 11 is 0. The summed E-state index contributed by atoms with van der Waals surface area (Å²) in [5.74, 6) is -1.75. The summed E-state index contributed by atoms with van der Waals surface area (Å²) in [5.41, 5.74) is 0.685. The van der Waals surface area contributed by atoms with Crippen molar-refractivity contribution in [1.82, 2.24) is 10.3 Å². The van der Waals surface area contributed by atoms with Crippen molar-refractivity contribution in [2.75, 3.05) is 20.5 Å². The standard InChI is InChI=1S/C23H32N2O8/c1-8-9-18(30-12-14(2)3)16(5)33-23(28)15(4)25-22(27)20-21(32-13-31-17(6)26)19(29-7)10-11-24-20/h8,10-11,15-16,18H,1-2,9,12-13H2,3-7H3,(H,25,27)/t15-,16-,18+/m0/s1. The van der Waals surface area contributed by atoms with Crippen LogP contribution in [0.2, 0.25) is 0 Å². The van der Waals surface area contributed by atoms with Gasteiger partial charge in [-0.15, -0.1) is 6.58 Å². The van der Waals surface area contributed by atoms with Gasteiger partial charge in [-0.2, -0.15) is 0 Å². The Hall–Kier alpha value is -3.40. The number of pyridine rings is 1. The summed E-state index contributed by atoms with van der Waals surface area (Å²) < 4.78 is 26.5. The number of aromatic nitrogens is 1. The van der Waals surface area contributed by atoms with Crippen LogP contribution in [0, 0.1) is 0 Å². The molecule has 0 aliphatic heterocycles. The van der Waals surface area contributed by atoms with Crippen molar-refractivity contribution in [3.05, 3.63) is 42.8 Å². The molecular weight excluding hydrogens is 432 g/mol. The Morgan fingerprint density at radius 3 is 2.52 bits per heavy atom. The van der Waals surface area contributed by atoms with E-state index in [4.69, 9.17) is 23.7 Å². The van der Waals surface area contributed by atoms with Crippen LogP contribution in [0.4, 0.5) is 0 Å². The van der Waals surface area contributed by atoms with Crippen LogP contribution < -0.4 is 14.8 Å². The number of carbonyl (C=O) groups excluding carboxylic acids is 3. The molecule has 0 radical (unpaired) electrons. The molecule has 10 heteroatoms. The van der Waals surface area contributed by atoms with E-state index in [1.54, 1.807) is 13.0 Å². The number of methoxy groups -OCH3 is 1. The van der Waals surface area contributed by atoms with Gasteiger partial charge in [0, 0.05) is 19.2 Å². The number of amides is 1. The summed E-state index contributed by atoms with van der Waals surface area (Å²) in [6, 6.07) is 0.476. The van der Waals surface area contributed by atoms with Crippen molar-refractivity contribution in [2.24, 2.45) is 0 Å². The Labute approximate surface area is 193 Å². The molecule has 1 rings (SSSR count). The van der Waals surface area contributed by atoms with E-state index in [-0.39, 0.29) is 17.2 Å². The Balaban J connectivity index is 2.85. The van der Waals surface area contributed by atoms with E-state index >= 15 is 0 Å². The minimum absolute atomic E-state index is 0.0353. The highest BCUT2D eigenvalue weighted by Gasteiger charge is 2.27. The van der Waals surface area contributed by atoms with Crippen molar-refractivity contribution in [3.63, 3.8) is 0 Å². The highest BCUT2D eigenvalue weighted by atomic mass is 16.7. The molecule has 0 fully saturated rings. The first kappa shape index (κ1) is 27.6. The molecule has 0 aromatic carbocycles. The second kappa shape index (κ2) is 13.9. The third kappa shape index (κ3) is 9.32. The normalized spacial score (nSPS) is 13.1. The third-order valence-electron chi connectivity index (χ3n) is 4.24. The van der Waals surface area contributed by atoms with E-state index in [0.717, 1.165) is 5.57 Å². The molecule has 3 atom stereocenters. The van der Waals surface area contributed by atoms with Gasteiger partial charge >= 0.3 is 11.9 Å². The van der Waals surface area contributed by atoms with Gasteiger partial charge in [-0.3, -0.25) is 9.59 Å². The largest absolute Gasteiger partial charge is 0.493 e. The van der Waals surface area contributed by atoms with Crippen molar-refractivity contribution >= 4 is 17.8 Å². The molecule has 0 saturated heterocycles. The van der Waals surface area contributed by atoms with Gasteiger partial charge in [0.15, 0.2) is 17.2 Å². The monoisotopic (exact) mass is 464 g/mol. The van der Waals surface area contributed by atoms with Crippen LogP contribution in [-0.4, -0.2) is 61.6 Å². The summed E-state index contributed by atoms with van der Waals surface area (Å²) in [7, 11) is 1.38. The number of rotatable bonds is 14. The smallest absolute Gasteiger partial charge is 0.328 e. The first-order valence-corrected chi connectivity index (χ1v) is 10.3. The first-order chi connectivity index (χ1) is 15.6. The lowest BCUT2D eigenvalue weighted by Crippen LogP contribution is -2.43. The van der Waals surface area contributed by atoms with E-state index in [2.05, 4.69) is 23.5 Å². The number of ether oxygens (including phenoxy) is 5. The van der Waals surface area contributed by atoms with Crippen molar-refractivity contribution < 1.29 is 38.1 Å². The zero-order valence-electron chi connectivity index (χ0n) is 19.7. The predicted octanol–water partition coefficient (Wildman–Crippen LogP) is 2.58. The Morgan fingerprint density at radius 1 is 1.24 bits per heavy atom. The number of esters is 2. The Bertz CT molecular complexity index is 855. The van der Waals surface area contributed by atoms with Crippen molar-refractivity contribution in [2.45, 2.75) is 52.4 Å². The molecule has 1 heterocycles. The molecule has 0 saturated carbocycles. The number of nitrogens with zero attached hydrogens (tertiary/aromatic N) is 1. The van der Waals surface area contributed by atoms with E-state index in [1.165, 1.54) is 33.2 Å². The fourth-order valence-corrected chi connectivity index (χ4v) is 2.56. The van der Waals surface area contributed by atoms with Crippen LogP contribution in [-0.2, 0) is 23.8 Å². The van der Waals surface area contributed by atoms with Crippen LogP contribution in [0.5, 0.6) is 11.5 Å². The Morgan fingerprint density at radius 2 is 1.94 bits per heavy atom. The highest BCUT2D eigenvalue weighted by Crippen LogP contribution is 2.29. The lowest BCUT2D eigenvalue weighted by Gasteiger charge is -2.25. The van der Waals surface area contributed by atoms with E-state index in [9.17, 15) is 14.4 Å². The predicted molar refractivity (Wildman–Crippen MR) is 120 cm³/mol. The number of hydrogen-bond acceptors (Lipinski definition) is 9. The average Bonchev–Trinajstić information content (AvgIpc) is 2.75. The fourth-order valence-electron chi connectivity index (χ4n) is 2.56. The number of nitrogens with one attached hydrogen (secondary N) is 1. The van der Waals surface area contributed by atoms with Gasteiger partial charge in [0.05, 0.1) is 19.8 Å². The highest BCUT2D eigenvalue weighted by molar-refractivity contribution is 5.98. The molecule has 33 heavy (non-hydrogen) atoms. The van der Waals surface area contributed by atoms with Gasteiger partial charge in [0.25, 0.3) is 5.91 Å². The summed E-state index contributed by atoms with van der Waals surface area (Å²) in [4.78, 5) is 40.3. The maximum absolute atomic E-state index is 12.8. The average molecular weight is 465 g/mol. The number of hydrogen-bond donors (Lipinski definition) is 1. The van der Waals surface area contributed by atoms with E-state index in [0.29, 0.717) is 13.0 Å². The molecule has 0 aliphatic rings. The van der Waals surface area contributed by atoms with Crippen LogP contribution >= 0.6 is 0 Å². The molecule has 0 aliphatic carbocycles. The third-order valence-corrected chi connectivity index (χ3v) is 4.24. The molecule has 0 unspecified atom stereocenters. The molecule has 182 valence electrons. The summed E-state index contributed by atoms with van der Waals surface area (Å²) in [6.45, 7) is 13.6. The molecule has 1 N–H and O–H groups in total. The zero-order chi connectivity index (χ0) is 25.0. The van der Waals surface area contributed by atoms with Gasteiger partial charge in [-0.1, -0.05) is 18.2 Å². The molecule has 0 spiro atoms. The fraction of sp³-hybridized carbons (Fsp3) is 0.478. The van der Waals surface area contributed by atoms with Gasteiger partial charge < -0.3 is 29.0 Å². The lowest BCUT2D eigenvalue weighted by atomic mass is 10.1. The molecule has 1 aromatic heterocycles. The van der Waals surface area contributed by atoms with Crippen LogP contribution in [0.25, 0.3) is 0 Å². The van der Waals surface area contributed by atoms with Crippen LogP contribution in [0.1, 0.15) is 44.6 Å². The second-order valence-electron chi connectivity index (χ2n) is 7.26. The van der Waals surface area contributed by atoms with Gasteiger partial charge in [-0.05, 0) is 27.2 Å². The van der Waals surface area contributed by atoms with Gasteiger partial charge in [-0.25, -0.2) is 9.78 Å². The SMILES string of the molecule is C=CC[C@@H](OCC(=C)C)[C@H](C)OC(=O)[C@H](C)NC(=O)c1nccc(OC)c1OCOC(C)=O. The molecule has 1 amide bonds. The van der Waals surface area contributed by atoms with Crippen LogP contribution in [0.3, 0.4) is 0 Å². The summed E-state index contributed by atoms with van der Waals surface area (Å²) in [6.07, 6.45) is 2.49. The number of carbonyl (C=O) groups is 3.